The molecule has 6 rings (SSSR count). The lowest BCUT2D eigenvalue weighted by atomic mass is 9.92. The third kappa shape index (κ3) is 4.89. The highest BCUT2D eigenvalue weighted by Crippen LogP contribution is 2.39. The summed E-state index contributed by atoms with van der Waals surface area (Å²) in [5.74, 6) is -0.559. The molecule has 3 heterocycles. The van der Waals surface area contributed by atoms with E-state index in [9.17, 15) is 10.1 Å². The number of hydrogen-bond acceptors (Lipinski definition) is 4. The Morgan fingerprint density at radius 2 is 2.10 bits per heavy atom. The number of aromatic nitrogens is 2. The quantitative estimate of drug-likeness (QED) is 0.403. The largest absolute Gasteiger partial charge is 0.375 e. The van der Waals surface area contributed by atoms with E-state index in [2.05, 4.69) is 65.1 Å². The summed E-state index contributed by atoms with van der Waals surface area (Å²) in [6.07, 6.45) is 8.64. The van der Waals surface area contributed by atoms with Crippen molar-refractivity contribution in [1.82, 2.24) is 14.9 Å². The van der Waals surface area contributed by atoms with Crippen LogP contribution in [0.3, 0.4) is 0 Å². The molecule has 0 saturated heterocycles. The van der Waals surface area contributed by atoms with Gasteiger partial charge in [-0.15, -0.1) is 0 Å². The highest BCUT2D eigenvalue weighted by molar-refractivity contribution is 5.95. The number of ether oxygens (including phenoxy) is 1. The first kappa shape index (κ1) is 24.8. The predicted octanol–water partition coefficient (Wildman–Crippen LogP) is 4.74. The van der Waals surface area contributed by atoms with Crippen molar-refractivity contribution < 1.29 is 9.53 Å². The monoisotopic (exact) mass is 514 g/mol. The van der Waals surface area contributed by atoms with E-state index in [4.69, 9.17) is 9.72 Å². The molecule has 39 heavy (non-hydrogen) atoms. The van der Waals surface area contributed by atoms with Gasteiger partial charge in [-0.1, -0.05) is 36.9 Å². The molecule has 1 fully saturated rings. The summed E-state index contributed by atoms with van der Waals surface area (Å²) >= 11 is 0. The zero-order valence-corrected chi connectivity index (χ0v) is 22.0. The number of hydrogen-bond donors (Lipinski definition) is 1. The third-order valence-electron chi connectivity index (χ3n) is 7.55. The van der Waals surface area contributed by atoms with Crippen LogP contribution in [-0.4, -0.2) is 28.6 Å². The van der Waals surface area contributed by atoms with E-state index in [1.807, 2.05) is 25.1 Å². The van der Waals surface area contributed by atoms with Gasteiger partial charge in [-0.3, -0.25) is 4.79 Å². The van der Waals surface area contributed by atoms with E-state index < -0.39 is 0 Å². The maximum Gasteiger partial charge on any atom is 0.251 e. The SMILES string of the molecule is C=C(/C=c1/nc(-c2cccc3c2ccn3C2CC2)cc/c1=C/C)CNC(=O)c1ccc2c(c1)C(C#N)COC2. The Kier molecular flexibility index (Phi) is 6.60. The number of nitriles is 1. The second-order valence-electron chi connectivity index (χ2n) is 10.2. The standard InChI is InChI=1S/C33H30N4O2/c1-3-22-9-12-30(27-5-4-6-32-28(27)13-14-37(32)26-10-11-26)36-31(22)15-21(2)18-35-33(38)23-7-8-24-19-39-20-25(17-34)29(24)16-23/h3-9,12-16,25-26H,2,10-11,18-20H2,1H3,(H,35,38)/b22-3-,31-15+. The molecule has 4 aromatic rings. The summed E-state index contributed by atoms with van der Waals surface area (Å²) in [6, 6.07) is 21.1. The Labute approximate surface area is 227 Å². The normalized spacial score (nSPS) is 17.6. The van der Waals surface area contributed by atoms with Crippen molar-refractivity contribution in [3.63, 3.8) is 0 Å². The van der Waals surface area contributed by atoms with Crippen LogP contribution in [0.1, 0.15) is 53.2 Å². The van der Waals surface area contributed by atoms with Gasteiger partial charge in [0.15, 0.2) is 0 Å². The Morgan fingerprint density at radius 1 is 1.23 bits per heavy atom. The van der Waals surface area contributed by atoms with Crippen LogP contribution >= 0.6 is 0 Å². The van der Waals surface area contributed by atoms with Crippen LogP contribution in [-0.2, 0) is 11.3 Å². The number of nitrogens with one attached hydrogen (secondary N) is 1. The molecule has 0 radical (unpaired) electrons. The summed E-state index contributed by atoms with van der Waals surface area (Å²) in [5, 5.41) is 15.4. The van der Waals surface area contributed by atoms with Crippen LogP contribution in [0.4, 0.5) is 0 Å². The van der Waals surface area contributed by atoms with E-state index in [-0.39, 0.29) is 18.4 Å². The molecule has 2 aromatic carbocycles. The van der Waals surface area contributed by atoms with Crippen LogP contribution in [0.15, 0.2) is 72.9 Å². The number of amides is 1. The van der Waals surface area contributed by atoms with Gasteiger partial charge in [-0.2, -0.15) is 5.26 Å². The highest BCUT2D eigenvalue weighted by atomic mass is 16.5. The molecule has 1 unspecified atom stereocenters. The van der Waals surface area contributed by atoms with Gasteiger partial charge >= 0.3 is 0 Å². The average molecular weight is 515 g/mol. The fourth-order valence-electron chi connectivity index (χ4n) is 5.29. The van der Waals surface area contributed by atoms with Gasteiger partial charge in [0, 0.05) is 40.8 Å². The lowest BCUT2D eigenvalue weighted by molar-refractivity contribution is 0.0952. The molecule has 1 aliphatic heterocycles. The van der Waals surface area contributed by atoms with E-state index in [1.54, 1.807) is 12.1 Å². The molecule has 6 heteroatoms. The van der Waals surface area contributed by atoms with Crippen molar-refractivity contribution in [2.24, 2.45) is 0 Å². The highest BCUT2D eigenvalue weighted by Gasteiger charge is 2.25. The number of pyridine rings is 1. The van der Waals surface area contributed by atoms with E-state index in [0.29, 0.717) is 24.8 Å². The molecule has 0 spiro atoms. The average Bonchev–Trinajstić information content (AvgIpc) is 3.72. The van der Waals surface area contributed by atoms with Crippen molar-refractivity contribution >= 4 is 29.0 Å². The second-order valence-corrected chi connectivity index (χ2v) is 10.2. The molecular weight excluding hydrogens is 484 g/mol. The number of benzene rings is 2. The molecule has 1 N–H and O–H groups in total. The van der Waals surface area contributed by atoms with Gasteiger partial charge in [0.2, 0.25) is 0 Å². The minimum Gasteiger partial charge on any atom is -0.375 e. The lowest BCUT2D eigenvalue weighted by Crippen LogP contribution is -2.30. The smallest absolute Gasteiger partial charge is 0.251 e. The molecule has 2 aliphatic rings. The van der Waals surface area contributed by atoms with Crippen molar-refractivity contribution in [3.8, 4) is 17.3 Å². The molecule has 0 bridgehead atoms. The summed E-state index contributed by atoms with van der Waals surface area (Å²) in [4.78, 5) is 17.9. The number of nitrogens with zero attached hydrogens (tertiary/aromatic N) is 3. The van der Waals surface area contributed by atoms with E-state index >= 15 is 0 Å². The summed E-state index contributed by atoms with van der Waals surface area (Å²) < 4.78 is 7.85. The van der Waals surface area contributed by atoms with Gasteiger partial charge in [-0.05, 0) is 78.1 Å². The van der Waals surface area contributed by atoms with Gasteiger partial charge in [0.05, 0.1) is 36.2 Å². The van der Waals surface area contributed by atoms with Crippen molar-refractivity contribution in [3.05, 3.63) is 100 Å². The van der Waals surface area contributed by atoms with E-state index in [1.165, 1.54) is 23.7 Å². The number of carbonyl (C=O) groups excluding carboxylic acids is 1. The first-order valence-electron chi connectivity index (χ1n) is 13.4. The molecule has 1 saturated carbocycles. The molecular formula is C33H30N4O2. The zero-order valence-electron chi connectivity index (χ0n) is 22.0. The van der Waals surface area contributed by atoms with Crippen LogP contribution in [0, 0.1) is 11.3 Å². The maximum atomic E-state index is 12.9. The van der Waals surface area contributed by atoms with Gasteiger partial charge in [0.1, 0.15) is 0 Å². The van der Waals surface area contributed by atoms with Crippen molar-refractivity contribution in [2.75, 3.05) is 13.2 Å². The van der Waals surface area contributed by atoms with Gasteiger partial charge < -0.3 is 14.6 Å². The van der Waals surface area contributed by atoms with Crippen LogP contribution in [0.25, 0.3) is 34.3 Å². The fraction of sp³-hybridized carbons (Fsp3) is 0.242. The van der Waals surface area contributed by atoms with Crippen LogP contribution in [0.5, 0.6) is 0 Å². The summed E-state index contributed by atoms with van der Waals surface area (Å²) in [5.41, 5.74) is 6.36. The van der Waals surface area contributed by atoms with Gasteiger partial charge in [0.25, 0.3) is 5.91 Å². The minimum absolute atomic E-state index is 0.202. The molecule has 1 atom stereocenters. The lowest BCUT2D eigenvalue weighted by Gasteiger charge is -2.21. The Morgan fingerprint density at radius 3 is 2.90 bits per heavy atom. The molecule has 2 aromatic heterocycles. The van der Waals surface area contributed by atoms with E-state index in [0.717, 1.165) is 38.5 Å². The summed E-state index contributed by atoms with van der Waals surface area (Å²) in [6.45, 7) is 7.27. The Hall–Kier alpha value is -4.47. The first-order chi connectivity index (χ1) is 19.1. The first-order valence-corrected chi connectivity index (χ1v) is 13.4. The Balaban J connectivity index is 1.23. The topological polar surface area (TPSA) is 79.9 Å². The summed E-state index contributed by atoms with van der Waals surface area (Å²) in [7, 11) is 0. The number of rotatable bonds is 6. The molecule has 6 nitrogen and oxygen atoms in total. The Bertz CT molecular complexity index is 1770. The van der Waals surface area contributed by atoms with Crippen LogP contribution in [0.2, 0.25) is 0 Å². The number of carbonyl (C=O) groups is 1. The van der Waals surface area contributed by atoms with Crippen molar-refractivity contribution in [1.29, 1.82) is 5.26 Å². The number of fused-ring (bicyclic) bond motifs is 2. The van der Waals surface area contributed by atoms with Crippen molar-refractivity contribution in [2.45, 2.75) is 38.3 Å². The third-order valence-corrected chi connectivity index (χ3v) is 7.55. The molecule has 194 valence electrons. The maximum absolute atomic E-state index is 12.9. The minimum atomic E-state index is -0.357. The predicted molar refractivity (Wildman–Crippen MR) is 153 cm³/mol. The van der Waals surface area contributed by atoms with Gasteiger partial charge in [-0.25, -0.2) is 4.98 Å². The van der Waals surface area contributed by atoms with Crippen LogP contribution < -0.4 is 15.9 Å². The zero-order chi connectivity index (χ0) is 26.9. The second kappa shape index (κ2) is 10.4. The molecule has 1 aliphatic carbocycles. The fourth-order valence-corrected chi connectivity index (χ4v) is 5.29. The molecule has 1 amide bonds.